The van der Waals surface area contributed by atoms with Gasteiger partial charge in [-0.25, -0.2) is 9.97 Å². The molecule has 0 saturated carbocycles. The maximum atomic E-state index is 4.13. The lowest BCUT2D eigenvalue weighted by Gasteiger charge is -2.09. The summed E-state index contributed by atoms with van der Waals surface area (Å²) < 4.78 is 0. The van der Waals surface area contributed by atoms with Gasteiger partial charge in [0, 0.05) is 18.4 Å². The van der Waals surface area contributed by atoms with Crippen LogP contribution in [0.25, 0.3) is 0 Å². The molecule has 2 rings (SSSR count). The van der Waals surface area contributed by atoms with E-state index >= 15 is 0 Å². The molecule has 0 spiro atoms. The first-order valence-electron chi connectivity index (χ1n) is 4.85. The molecule has 0 aliphatic heterocycles. The first-order chi connectivity index (χ1) is 7.25. The van der Waals surface area contributed by atoms with Crippen LogP contribution in [0.15, 0.2) is 12.5 Å². The molecule has 0 aromatic carbocycles. The Balaban J connectivity index is 1.88. The Labute approximate surface area is 87.5 Å². The molecular weight excluding hydrogens is 192 g/mol. The Kier molecular flexibility index (Phi) is 2.77. The van der Waals surface area contributed by atoms with E-state index in [0.29, 0.717) is 0 Å². The summed E-state index contributed by atoms with van der Waals surface area (Å²) in [5.74, 6) is 1.77. The number of H-pyrrole nitrogens is 2. The highest BCUT2D eigenvalue weighted by molar-refractivity contribution is 5.00. The van der Waals surface area contributed by atoms with Crippen LogP contribution in [-0.2, 0) is 6.54 Å². The lowest BCUT2D eigenvalue weighted by Crippen LogP contribution is -2.19. The summed E-state index contributed by atoms with van der Waals surface area (Å²) in [6.45, 7) is 4.70. The lowest BCUT2D eigenvalue weighted by molar-refractivity contribution is 0.543. The highest BCUT2D eigenvalue weighted by Gasteiger charge is 2.07. The number of nitrogens with one attached hydrogen (secondary N) is 3. The second-order valence-electron chi connectivity index (χ2n) is 3.47. The van der Waals surface area contributed by atoms with E-state index in [1.165, 1.54) is 6.33 Å². The maximum absolute atomic E-state index is 4.13. The van der Waals surface area contributed by atoms with Crippen molar-refractivity contribution < 1.29 is 0 Å². The fourth-order valence-electron chi connectivity index (χ4n) is 1.34. The standard InChI is InChI=1S/C9H14N6/c1-6(9-12-5-13-15-9)10-3-8-4-11-7(2)14-8/h4-6,10H,3H2,1-2H3,(H,11,14)(H,12,13,15). The van der Waals surface area contributed by atoms with Gasteiger partial charge in [0.05, 0.1) is 6.04 Å². The molecule has 0 radical (unpaired) electrons. The third-order valence-corrected chi connectivity index (χ3v) is 2.20. The van der Waals surface area contributed by atoms with Crippen LogP contribution in [0.4, 0.5) is 0 Å². The van der Waals surface area contributed by atoms with E-state index in [1.807, 2.05) is 20.0 Å². The maximum Gasteiger partial charge on any atom is 0.141 e. The Morgan fingerprint density at radius 3 is 2.93 bits per heavy atom. The van der Waals surface area contributed by atoms with E-state index in [4.69, 9.17) is 0 Å². The van der Waals surface area contributed by atoms with Crippen LogP contribution in [0.5, 0.6) is 0 Å². The van der Waals surface area contributed by atoms with Gasteiger partial charge in [-0.2, -0.15) is 5.10 Å². The van der Waals surface area contributed by atoms with Crippen molar-refractivity contribution in [2.24, 2.45) is 0 Å². The van der Waals surface area contributed by atoms with Crippen LogP contribution in [0.3, 0.4) is 0 Å². The zero-order valence-electron chi connectivity index (χ0n) is 8.78. The second-order valence-corrected chi connectivity index (χ2v) is 3.47. The SMILES string of the molecule is Cc1ncc(CNC(C)c2ncn[nH]2)[nH]1. The molecule has 0 fully saturated rings. The predicted molar refractivity (Wildman–Crippen MR) is 55.0 cm³/mol. The molecule has 2 heterocycles. The summed E-state index contributed by atoms with van der Waals surface area (Å²) in [5, 5.41) is 9.94. The molecule has 15 heavy (non-hydrogen) atoms. The summed E-state index contributed by atoms with van der Waals surface area (Å²) in [6, 6.07) is 0.149. The highest BCUT2D eigenvalue weighted by Crippen LogP contribution is 2.05. The van der Waals surface area contributed by atoms with Crippen molar-refractivity contribution in [3.8, 4) is 0 Å². The van der Waals surface area contributed by atoms with E-state index in [-0.39, 0.29) is 6.04 Å². The Morgan fingerprint density at radius 1 is 1.47 bits per heavy atom. The van der Waals surface area contributed by atoms with Gasteiger partial charge in [-0.1, -0.05) is 0 Å². The van der Waals surface area contributed by atoms with Crippen LogP contribution < -0.4 is 5.32 Å². The second kappa shape index (κ2) is 4.22. The van der Waals surface area contributed by atoms with Gasteiger partial charge in [-0.15, -0.1) is 0 Å². The van der Waals surface area contributed by atoms with Gasteiger partial charge < -0.3 is 10.3 Å². The van der Waals surface area contributed by atoms with Crippen LogP contribution in [-0.4, -0.2) is 25.1 Å². The van der Waals surface area contributed by atoms with Crippen LogP contribution in [0.2, 0.25) is 0 Å². The summed E-state index contributed by atoms with van der Waals surface area (Å²) in [7, 11) is 0. The third kappa shape index (κ3) is 2.41. The average molecular weight is 206 g/mol. The van der Waals surface area contributed by atoms with Gasteiger partial charge in [-0.05, 0) is 13.8 Å². The van der Waals surface area contributed by atoms with E-state index < -0.39 is 0 Å². The van der Waals surface area contributed by atoms with Gasteiger partial charge in [0.2, 0.25) is 0 Å². The number of rotatable bonds is 4. The lowest BCUT2D eigenvalue weighted by atomic mass is 10.3. The number of hydrogen-bond acceptors (Lipinski definition) is 4. The number of imidazole rings is 1. The monoisotopic (exact) mass is 206 g/mol. The van der Waals surface area contributed by atoms with Gasteiger partial charge in [0.15, 0.2) is 0 Å². The summed E-state index contributed by atoms with van der Waals surface area (Å²) in [5.41, 5.74) is 1.07. The summed E-state index contributed by atoms with van der Waals surface area (Å²) in [4.78, 5) is 11.4. The Hall–Kier alpha value is -1.69. The largest absolute Gasteiger partial charge is 0.345 e. The fraction of sp³-hybridized carbons (Fsp3) is 0.444. The molecule has 3 N–H and O–H groups in total. The number of hydrogen-bond donors (Lipinski definition) is 3. The van der Waals surface area contributed by atoms with Gasteiger partial charge >= 0.3 is 0 Å². The minimum Gasteiger partial charge on any atom is -0.345 e. The van der Waals surface area contributed by atoms with Crippen molar-refractivity contribution in [2.75, 3.05) is 0 Å². The molecule has 0 aliphatic carbocycles. The van der Waals surface area contributed by atoms with Gasteiger partial charge in [-0.3, -0.25) is 5.10 Å². The fourth-order valence-corrected chi connectivity index (χ4v) is 1.34. The summed E-state index contributed by atoms with van der Waals surface area (Å²) >= 11 is 0. The predicted octanol–water partition coefficient (Wildman–Crippen LogP) is 0.687. The highest BCUT2D eigenvalue weighted by atomic mass is 15.2. The van der Waals surface area contributed by atoms with Crippen molar-refractivity contribution in [2.45, 2.75) is 26.4 Å². The van der Waals surface area contributed by atoms with Gasteiger partial charge in [0.25, 0.3) is 0 Å². The Bertz CT molecular complexity index is 404. The van der Waals surface area contributed by atoms with E-state index in [1.54, 1.807) is 0 Å². The molecule has 1 atom stereocenters. The normalized spacial score (nSPS) is 12.9. The van der Waals surface area contributed by atoms with E-state index in [2.05, 4.69) is 30.5 Å². The number of aromatic amines is 2. The van der Waals surface area contributed by atoms with Crippen molar-refractivity contribution in [1.29, 1.82) is 0 Å². The number of nitrogens with zero attached hydrogens (tertiary/aromatic N) is 3. The number of aryl methyl sites for hydroxylation is 1. The third-order valence-electron chi connectivity index (χ3n) is 2.20. The van der Waals surface area contributed by atoms with Crippen molar-refractivity contribution in [3.63, 3.8) is 0 Å². The van der Waals surface area contributed by atoms with Crippen molar-refractivity contribution >= 4 is 0 Å². The molecule has 6 heteroatoms. The van der Waals surface area contributed by atoms with Gasteiger partial charge in [0.1, 0.15) is 18.0 Å². The van der Waals surface area contributed by atoms with Crippen molar-refractivity contribution in [1.82, 2.24) is 30.5 Å². The summed E-state index contributed by atoms with van der Waals surface area (Å²) in [6.07, 6.45) is 3.34. The molecule has 1 unspecified atom stereocenters. The first-order valence-corrected chi connectivity index (χ1v) is 4.85. The molecule has 80 valence electrons. The quantitative estimate of drug-likeness (QED) is 0.687. The molecule has 2 aromatic rings. The molecule has 0 amide bonds. The molecule has 0 saturated heterocycles. The minimum absolute atomic E-state index is 0.149. The smallest absolute Gasteiger partial charge is 0.141 e. The first kappa shape index (κ1) is 9.85. The zero-order valence-corrected chi connectivity index (χ0v) is 8.78. The van der Waals surface area contributed by atoms with Crippen LogP contribution in [0, 0.1) is 6.92 Å². The molecular formula is C9H14N6. The van der Waals surface area contributed by atoms with E-state index in [0.717, 1.165) is 23.9 Å². The molecule has 0 bridgehead atoms. The molecule has 0 aliphatic rings. The number of aromatic nitrogens is 5. The zero-order chi connectivity index (χ0) is 10.7. The van der Waals surface area contributed by atoms with Crippen molar-refractivity contribution in [3.05, 3.63) is 29.9 Å². The van der Waals surface area contributed by atoms with Crippen LogP contribution >= 0.6 is 0 Å². The topological polar surface area (TPSA) is 82.3 Å². The molecule has 6 nitrogen and oxygen atoms in total. The van der Waals surface area contributed by atoms with E-state index in [9.17, 15) is 0 Å². The minimum atomic E-state index is 0.149. The average Bonchev–Trinajstić information content (AvgIpc) is 2.84. The van der Waals surface area contributed by atoms with Crippen LogP contribution in [0.1, 0.15) is 30.3 Å². The Morgan fingerprint density at radius 2 is 2.33 bits per heavy atom. The molecule has 2 aromatic heterocycles.